The van der Waals surface area contributed by atoms with Gasteiger partial charge in [0.05, 0.1) is 0 Å². The standard InChI is InChI=1S/C31H35ClN2O4/c1-22(2)20-33-31(36)27(18-23-6-4-3-5-7-23)34(21-25-8-12-26(32)13-9-25)30(35)15-11-24-10-14-28-29(19-24)38-17-16-37-28/h3-10,12-14,19,22,27H,11,15-18,20-21H2,1-2H3,(H,33,36)/t27-/m0/s1. The predicted octanol–water partition coefficient (Wildman–Crippen LogP) is 5.46. The molecule has 0 spiro atoms. The summed E-state index contributed by atoms with van der Waals surface area (Å²) in [6.07, 6.45) is 1.21. The van der Waals surface area contributed by atoms with E-state index < -0.39 is 6.04 Å². The lowest BCUT2D eigenvalue weighted by atomic mass is 10.0. The van der Waals surface area contributed by atoms with Crippen LogP contribution in [0.5, 0.6) is 11.5 Å². The van der Waals surface area contributed by atoms with Crippen molar-refractivity contribution in [2.45, 2.75) is 45.7 Å². The van der Waals surface area contributed by atoms with E-state index in [2.05, 4.69) is 19.2 Å². The van der Waals surface area contributed by atoms with E-state index in [1.807, 2.05) is 60.7 Å². The Hall–Kier alpha value is -3.51. The number of nitrogens with zero attached hydrogens (tertiary/aromatic N) is 1. The van der Waals surface area contributed by atoms with E-state index in [0.29, 0.717) is 55.8 Å². The van der Waals surface area contributed by atoms with Crippen molar-refractivity contribution in [3.63, 3.8) is 0 Å². The number of benzene rings is 3. The van der Waals surface area contributed by atoms with Gasteiger partial charge in [0.1, 0.15) is 19.3 Å². The van der Waals surface area contributed by atoms with Crippen molar-refractivity contribution in [1.82, 2.24) is 10.2 Å². The summed E-state index contributed by atoms with van der Waals surface area (Å²) < 4.78 is 11.3. The van der Waals surface area contributed by atoms with Gasteiger partial charge < -0.3 is 19.7 Å². The zero-order valence-corrected chi connectivity index (χ0v) is 22.7. The van der Waals surface area contributed by atoms with Crippen molar-refractivity contribution >= 4 is 23.4 Å². The molecule has 0 saturated heterocycles. The van der Waals surface area contributed by atoms with Gasteiger partial charge in [0.25, 0.3) is 0 Å². The largest absolute Gasteiger partial charge is 0.486 e. The van der Waals surface area contributed by atoms with E-state index in [-0.39, 0.29) is 18.2 Å². The molecule has 0 radical (unpaired) electrons. The number of carbonyl (C=O) groups is 2. The second-order valence-electron chi connectivity index (χ2n) is 9.97. The number of hydrogen-bond acceptors (Lipinski definition) is 4. The van der Waals surface area contributed by atoms with E-state index >= 15 is 0 Å². The number of fused-ring (bicyclic) bond motifs is 1. The third-order valence-electron chi connectivity index (χ3n) is 6.46. The van der Waals surface area contributed by atoms with Crippen LogP contribution in [0.1, 0.15) is 37.0 Å². The smallest absolute Gasteiger partial charge is 0.243 e. The van der Waals surface area contributed by atoms with Crippen LogP contribution in [-0.2, 0) is 29.0 Å². The fourth-order valence-corrected chi connectivity index (χ4v) is 4.53. The molecule has 38 heavy (non-hydrogen) atoms. The Morgan fingerprint density at radius 2 is 1.58 bits per heavy atom. The molecule has 1 aliphatic heterocycles. The van der Waals surface area contributed by atoms with Crippen LogP contribution >= 0.6 is 11.6 Å². The molecule has 2 amide bonds. The first kappa shape index (κ1) is 27.5. The summed E-state index contributed by atoms with van der Waals surface area (Å²) in [6.45, 7) is 6.00. The average molecular weight is 535 g/mol. The normalized spacial score (nSPS) is 13.2. The molecule has 1 atom stereocenters. The number of carbonyl (C=O) groups excluding carboxylic acids is 2. The van der Waals surface area contributed by atoms with Crippen LogP contribution in [0.15, 0.2) is 72.8 Å². The molecule has 7 heteroatoms. The molecule has 3 aromatic carbocycles. The molecular weight excluding hydrogens is 500 g/mol. The molecule has 4 rings (SSSR count). The Balaban J connectivity index is 1.58. The van der Waals surface area contributed by atoms with Crippen molar-refractivity contribution in [2.24, 2.45) is 5.92 Å². The second kappa shape index (κ2) is 13.3. The van der Waals surface area contributed by atoms with Crippen LogP contribution in [0.25, 0.3) is 0 Å². The number of amides is 2. The minimum Gasteiger partial charge on any atom is -0.486 e. The fraction of sp³-hybridized carbons (Fsp3) is 0.355. The number of halogens is 1. The maximum absolute atomic E-state index is 13.8. The zero-order valence-electron chi connectivity index (χ0n) is 22.0. The molecule has 0 aliphatic carbocycles. The minimum atomic E-state index is -0.653. The van der Waals surface area contributed by atoms with E-state index in [0.717, 1.165) is 22.4 Å². The summed E-state index contributed by atoms with van der Waals surface area (Å²) in [5.74, 6) is 1.49. The first-order valence-electron chi connectivity index (χ1n) is 13.1. The van der Waals surface area contributed by atoms with E-state index in [1.165, 1.54) is 0 Å². The summed E-state index contributed by atoms with van der Waals surface area (Å²) in [5.41, 5.74) is 2.90. The Bertz CT molecular complexity index is 1210. The SMILES string of the molecule is CC(C)CNC(=O)[C@H](Cc1ccccc1)N(Cc1ccc(Cl)cc1)C(=O)CCc1ccc2c(c1)OCCO2. The van der Waals surface area contributed by atoms with Crippen LogP contribution in [0.4, 0.5) is 0 Å². The van der Waals surface area contributed by atoms with Gasteiger partial charge in [-0.15, -0.1) is 0 Å². The van der Waals surface area contributed by atoms with Crippen LogP contribution < -0.4 is 14.8 Å². The molecule has 0 fully saturated rings. The highest BCUT2D eigenvalue weighted by Gasteiger charge is 2.30. The van der Waals surface area contributed by atoms with Gasteiger partial charge in [0, 0.05) is 31.0 Å². The van der Waals surface area contributed by atoms with Crippen LogP contribution in [-0.4, -0.2) is 42.5 Å². The Morgan fingerprint density at radius 3 is 2.29 bits per heavy atom. The lowest BCUT2D eigenvalue weighted by Crippen LogP contribution is -2.51. The highest BCUT2D eigenvalue weighted by Crippen LogP contribution is 2.31. The van der Waals surface area contributed by atoms with Crippen LogP contribution in [0.2, 0.25) is 5.02 Å². The monoisotopic (exact) mass is 534 g/mol. The van der Waals surface area contributed by atoms with Gasteiger partial charge in [-0.05, 0) is 53.3 Å². The van der Waals surface area contributed by atoms with Gasteiger partial charge in [0.15, 0.2) is 11.5 Å². The molecule has 0 bridgehead atoms. The average Bonchev–Trinajstić information content (AvgIpc) is 2.93. The third-order valence-corrected chi connectivity index (χ3v) is 6.71. The maximum Gasteiger partial charge on any atom is 0.243 e. The van der Waals surface area contributed by atoms with E-state index in [1.54, 1.807) is 17.0 Å². The number of rotatable bonds is 11. The van der Waals surface area contributed by atoms with Crippen molar-refractivity contribution in [3.8, 4) is 11.5 Å². The fourth-order valence-electron chi connectivity index (χ4n) is 4.40. The molecule has 1 heterocycles. The third kappa shape index (κ3) is 7.75. The number of aryl methyl sites for hydroxylation is 1. The first-order chi connectivity index (χ1) is 18.4. The summed E-state index contributed by atoms with van der Waals surface area (Å²) in [6, 6.07) is 22.4. The quantitative estimate of drug-likeness (QED) is 0.355. The Kier molecular flexibility index (Phi) is 9.66. The molecular formula is C31H35ClN2O4. The van der Waals surface area contributed by atoms with Gasteiger partial charge in [0.2, 0.25) is 11.8 Å². The Morgan fingerprint density at radius 1 is 0.895 bits per heavy atom. The topological polar surface area (TPSA) is 67.9 Å². The van der Waals surface area contributed by atoms with E-state index in [4.69, 9.17) is 21.1 Å². The summed E-state index contributed by atoms with van der Waals surface area (Å²) in [7, 11) is 0. The minimum absolute atomic E-state index is 0.0875. The van der Waals surface area contributed by atoms with Crippen molar-refractivity contribution in [1.29, 1.82) is 0 Å². The lowest BCUT2D eigenvalue weighted by Gasteiger charge is -2.32. The lowest BCUT2D eigenvalue weighted by molar-refractivity contribution is -0.141. The molecule has 0 saturated carbocycles. The predicted molar refractivity (Wildman–Crippen MR) is 150 cm³/mol. The van der Waals surface area contributed by atoms with Gasteiger partial charge in [-0.3, -0.25) is 9.59 Å². The molecule has 0 aromatic heterocycles. The van der Waals surface area contributed by atoms with E-state index in [9.17, 15) is 9.59 Å². The van der Waals surface area contributed by atoms with Gasteiger partial charge in [-0.2, -0.15) is 0 Å². The first-order valence-corrected chi connectivity index (χ1v) is 13.5. The number of nitrogens with one attached hydrogen (secondary N) is 1. The Labute approximate surface area is 229 Å². The van der Waals surface area contributed by atoms with Crippen LogP contribution in [0, 0.1) is 5.92 Å². The molecule has 1 aliphatic rings. The van der Waals surface area contributed by atoms with Gasteiger partial charge in [-0.25, -0.2) is 0 Å². The van der Waals surface area contributed by atoms with Crippen LogP contribution in [0.3, 0.4) is 0 Å². The highest BCUT2D eigenvalue weighted by atomic mass is 35.5. The van der Waals surface area contributed by atoms with Crippen molar-refractivity contribution in [2.75, 3.05) is 19.8 Å². The maximum atomic E-state index is 13.8. The van der Waals surface area contributed by atoms with Crippen molar-refractivity contribution < 1.29 is 19.1 Å². The molecule has 1 N–H and O–H groups in total. The molecule has 0 unspecified atom stereocenters. The number of hydrogen-bond donors (Lipinski definition) is 1. The molecule has 3 aromatic rings. The summed E-state index contributed by atoms with van der Waals surface area (Å²) >= 11 is 6.11. The van der Waals surface area contributed by atoms with Gasteiger partial charge >= 0.3 is 0 Å². The second-order valence-corrected chi connectivity index (χ2v) is 10.4. The number of ether oxygens (including phenoxy) is 2. The van der Waals surface area contributed by atoms with Gasteiger partial charge in [-0.1, -0.05) is 74.0 Å². The molecule has 200 valence electrons. The summed E-state index contributed by atoms with van der Waals surface area (Å²) in [5, 5.41) is 3.68. The highest BCUT2D eigenvalue weighted by molar-refractivity contribution is 6.30. The zero-order chi connectivity index (χ0) is 26.9. The summed E-state index contributed by atoms with van der Waals surface area (Å²) in [4.78, 5) is 29.0. The molecule has 6 nitrogen and oxygen atoms in total. The van der Waals surface area contributed by atoms with Crippen molar-refractivity contribution in [3.05, 3.63) is 94.5 Å².